The first-order chi connectivity index (χ1) is 11.6. The van der Waals surface area contributed by atoms with Crippen molar-refractivity contribution in [3.8, 4) is 0 Å². The number of nitrogens with zero attached hydrogens (tertiary/aromatic N) is 5. The van der Waals surface area contributed by atoms with Gasteiger partial charge in [0.25, 0.3) is 0 Å². The van der Waals surface area contributed by atoms with Crippen LogP contribution < -0.4 is 0 Å². The van der Waals surface area contributed by atoms with Crippen molar-refractivity contribution in [1.29, 1.82) is 0 Å². The predicted molar refractivity (Wildman–Crippen MR) is 95.4 cm³/mol. The van der Waals surface area contributed by atoms with Crippen LogP contribution in [0.5, 0.6) is 0 Å². The number of hydrogen-bond donors (Lipinski definition) is 0. The molecule has 1 aliphatic heterocycles. The molecular weight excluding hydrogens is 370 g/mol. The Hall–Kier alpha value is -1.73. The summed E-state index contributed by atoms with van der Waals surface area (Å²) in [5, 5.41) is 4.37. The first kappa shape index (κ1) is 17.1. The van der Waals surface area contributed by atoms with E-state index in [0.29, 0.717) is 13.0 Å². The van der Waals surface area contributed by atoms with Crippen molar-refractivity contribution in [1.82, 2.24) is 24.6 Å². The minimum atomic E-state index is 0.209. The molecule has 0 radical (unpaired) electrons. The molecule has 0 unspecified atom stereocenters. The van der Waals surface area contributed by atoms with Crippen molar-refractivity contribution in [2.45, 2.75) is 26.4 Å². The van der Waals surface area contributed by atoms with Gasteiger partial charge in [0.15, 0.2) is 0 Å². The zero-order valence-corrected chi connectivity index (χ0v) is 15.4. The van der Waals surface area contributed by atoms with E-state index in [1.54, 1.807) is 6.20 Å². The summed E-state index contributed by atoms with van der Waals surface area (Å²) in [6, 6.07) is 4.05. The summed E-state index contributed by atoms with van der Waals surface area (Å²) in [5.41, 5.74) is 2.17. The van der Waals surface area contributed by atoms with Gasteiger partial charge < -0.3 is 4.90 Å². The minimum absolute atomic E-state index is 0.209. The first-order valence-corrected chi connectivity index (χ1v) is 9.00. The van der Waals surface area contributed by atoms with E-state index in [0.717, 1.165) is 42.9 Å². The lowest BCUT2D eigenvalue weighted by Crippen LogP contribution is -2.48. The van der Waals surface area contributed by atoms with Crippen molar-refractivity contribution in [2.24, 2.45) is 0 Å². The van der Waals surface area contributed by atoms with Gasteiger partial charge in [0.05, 0.1) is 10.2 Å². The van der Waals surface area contributed by atoms with Gasteiger partial charge in [-0.2, -0.15) is 5.10 Å². The molecule has 128 valence electrons. The Morgan fingerprint density at radius 2 is 2.08 bits per heavy atom. The molecule has 0 N–H and O–H groups in total. The Kier molecular flexibility index (Phi) is 5.63. The van der Waals surface area contributed by atoms with Gasteiger partial charge in [0, 0.05) is 64.3 Å². The second-order valence-electron chi connectivity index (χ2n) is 6.09. The van der Waals surface area contributed by atoms with Crippen molar-refractivity contribution in [3.63, 3.8) is 0 Å². The van der Waals surface area contributed by atoms with Crippen LogP contribution >= 0.6 is 15.9 Å². The molecule has 1 aliphatic rings. The molecule has 1 fully saturated rings. The molecular formula is C17H22BrN5O. The molecule has 7 heteroatoms. The molecule has 2 aromatic rings. The van der Waals surface area contributed by atoms with E-state index in [4.69, 9.17) is 0 Å². The average molecular weight is 392 g/mol. The fourth-order valence-corrected chi connectivity index (χ4v) is 3.20. The molecule has 6 nitrogen and oxygen atoms in total. The highest BCUT2D eigenvalue weighted by Gasteiger charge is 2.21. The van der Waals surface area contributed by atoms with Crippen molar-refractivity contribution >= 4 is 21.8 Å². The van der Waals surface area contributed by atoms with Crippen LogP contribution in [-0.2, 0) is 17.9 Å². The van der Waals surface area contributed by atoms with Gasteiger partial charge in [-0.15, -0.1) is 0 Å². The third-order valence-corrected chi connectivity index (χ3v) is 5.07. The Morgan fingerprint density at radius 1 is 1.29 bits per heavy atom. The van der Waals surface area contributed by atoms with Crippen molar-refractivity contribution in [2.75, 3.05) is 26.2 Å². The summed E-state index contributed by atoms with van der Waals surface area (Å²) >= 11 is 3.44. The Bertz CT molecular complexity index is 660. The molecule has 3 rings (SSSR count). The molecule has 0 aromatic carbocycles. The number of aromatic nitrogens is 3. The van der Waals surface area contributed by atoms with E-state index >= 15 is 0 Å². The van der Waals surface area contributed by atoms with Gasteiger partial charge in [0.1, 0.15) is 0 Å². The SMILES string of the molecule is Cc1nn(CCC(=O)N2CCN(Cc3cccnc3)CC2)cc1Br. The van der Waals surface area contributed by atoms with E-state index in [2.05, 4.69) is 37.0 Å². The summed E-state index contributed by atoms with van der Waals surface area (Å²) in [6.07, 6.45) is 6.12. The Labute approximate surface area is 150 Å². The highest BCUT2D eigenvalue weighted by Crippen LogP contribution is 2.14. The van der Waals surface area contributed by atoms with Crippen LogP contribution in [0, 0.1) is 6.92 Å². The number of hydrogen-bond acceptors (Lipinski definition) is 4. The number of halogens is 1. The van der Waals surface area contributed by atoms with Crippen LogP contribution in [0.4, 0.5) is 0 Å². The maximum absolute atomic E-state index is 12.4. The third kappa shape index (κ3) is 4.42. The minimum Gasteiger partial charge on any atom is -0.340 e. The Morgan fingerprint density at radius 3 is 2.71 bits per heavy atom. The summed E-state index contributed by atoms with van der Waals surface area (Å²) in [4.78, 5) is 20.9. The molecule has 0 saturated carbocycles. The normalized spacial score (nSPS) is 15.7. The van der Waals surface area contributed by atoms with E-state index in [1.165, 1.54) is 5.56 Å². The first-order valence-electron chi connectivity index (χ1n) is 8.20. The number of aryl methyl sites for hydroxylation is 2. The zero-order chi connectivity index (χ0) is 16.9. The van der Waals surface area contributed by atoms with Gasteiger partial charge in [0.2, 0.25) is 5.91 Å². The third-order valence-electron chi connectivity index (χ3n) is 4.30. The van der Waals surface area contributed by atoms with Crippen LogP contribution in [0.25, 0.3) is 0 Å². The van der Waals surface area contributed by atoms with Crippen LogP contribution in [0.1, 0.15) is 17.7 Å². The smallest absolute Gasteiger partial charge is 0.224 e. The van der Waals surface area contributed by atoms with Gasteiger partial charge in [-0.25, -0.2) is 0 Å². The summed E-state index contributed by atoms with van der Waals surface area (Å²) in [5.74, 6) is 0.209. The lowest BCUT2D eigenvalue weighted by molar-refractivity contribution is -0.133. The van der Waals surface area contributed by atoms with Gasteiger partial charge in [-0.05, 0) is 34.5 Å². The predicted octanol–water partition coefficient (Wildman–Crippen LogP) is 2.08. The van der Waals surface area contributed by atoms with Crippen LogP contribution in [0.3, 0.4) is 0 Å². The Balaban J connectivity index is 1.43. The number of rotatable bonds is 5. The second kappa shape index (κ2) is 7.90. The molecule has 0 aliphatic carbocycles. The number of carbonyl (C=O) groups excluding carboxylic acids is 1. The van der Waals surface area contributed by atoms with Crippen LogP contribution in [0.2, 0.25) is 0 Å². The monoisotopic (exact) mass is 391 g/mol. The maximum Gasteiger partial charge on any atom is 0.224 e. The van der Waals surface area contributed by atoms with E-state index < -0.39 is 0 Å². The molecule has 3 heterocycles. The molecule has 1 amide bonds. The number of carbonyl (C=O) groups is 1. The van der Waals surface area contributed by atoms with Crippen molar-refractivity contribution in [3.05, 3.63) is 46.5 Å². The molecule has 0 atom stereocenters. The number of amides is 1. The fraction of sp³-hybridized carbons (Fsp3) is 0.471. The average Bonchev–Trinajstić information content (AvgIpc) is 2.92. The molecule has 2 aromatic heterocycles. The summed E-state index contributed by atoms with van der Waals surface area (Å²) in [6.45, 7) is 6.88. The second-order valence-corrected chi connectivity index (χ2v) is 6.95. The molecule has 0 bridgehead atoms. The number of piperazine rings is 1. The van der Waals surface area contributed by atoms with Gasteiger partial charge >= 0.3 is 0 Å². The number of pyridine rings is 1. The largest absolute Gasteiger partial charge is 0.340 e. The highest BCUT2D eigenvalue weighted by atomic mass is 79.9. The van der Waals surface area contributed by atoms with Crippen LogP contribution in [0.15, 0.2) is 35.2 Å². The van der Waals surface area contributed by atoms with Crippen LogP contribution in [-0.4, -0.2) is 56.7 Å². The van der Waals surface area contributed by atoms with Crippen molar-refractivity contribution < 1.29 is 4.79 Å². The summed E-state index contributed by atoms with van der Waals surface area (Å²) < 4.78 is 2.81. The zero-order valence-electron chi connectivity index (χ0n) is 13.9. The maximum atomic E-state index is 12.4. The quantitative estimate of drug-likeness (QED) is 0.782. The lowest BCUT2D eigenvalue weighted by Gasteiger charge is -2.34. The van der Waals surface area contributed by atoms with E-state index in [1.807, 2.05) is 35.0 Å². The van der Waals surface area contributed by atoms with E-state index in [9.17, 15) is 4.79 Å². The molecule has 24 heavy (non-hydrogen) atoms. The van der Waals surface area contributed by atoms with Gasteiger partial charge in [-0.1, -0.05) is 6.07 Å². The topological polar surface area (TPSA) is 54.3 Å². The lowest BCUT2D eigenvalue weighted by atomic mass is 10.2. The van der Waals surface area contributed by atoms with E-state index in [-0.39, 0.29) is 5.91 Å². The van der Waals surface area contributed by atoms with Gasteiger partial charge in [-0.3, -0.25) is 19.4 Å². The fourth-order valence-electron chi connectivity index (χ4n) is 2.88. The summed E-state index contributed by atoms with van der Waals surface area (Å²) in [7, 11) is 0. The highest BCUT2D eigenvalue weighted by molar-refractivity contribution is 9.10. The standard InChI is InChI=1S/C17H22BrN5O/c1-14-16(18)13-23(20-14)6-4-17(24)22-9-7-21(8-10-22)12-15-3-2-5-19-11-15/h2-3,5,11,13H,4,6-10,12H2,1H3. The molecule has 0 spiro atoms. The molecule has 1 saturated heterocycles.